The molecule has 0 rings (SSSR count). The predicted octanol–water partition coefficient (Wildman–Crippen LogP) is 13.7. The largest absolute Gasteiger partial charge is 0.463 e. The van der Waals surface area contributed by atoms with Crippen LogP contribution in [-0.2, 0) is 9.53 Å². The lowest BCUT2D eigenvalue weighted by atomic mass is 9.72. The van der Waals surface area contributed by atoms with Crippen LogP contribution in [0.1, 0.15) is 214 Å². The van der Waals surface area contributed by atoms with Crippen molar-refractivity contribution in [2.45, 2.75) is 214 Å². The summed E-state index contributed by atoms with van der Waals surface area (Å²) in [6.45, 7) is 13.6. The zero-order chi connectivity index (χ0) is 30.3. The molecule has 0 aliphatic rings. The minimum absolute atomic E-state index is 0.267. The van der Waals surface area contributed by atoms with Crippen LogP contribution < -0.4 is 0 Å². The summed E-state index contributed by atoms with van der Waals surface area (Å²) >= 11 is 0. The molecule has 0 aromatic rings. The van der Waals surface area contributed by atoms with Crippen LogP contribution in [0.15, 0.2) is 12.7 Å². The third-order valence-electron chi connectivity index (χ3n) is 9.45. The molecule has 0 saturated carbocycles. The second kappa shape index (κ2) is 30.7. The average molecular weight is 577 g/mol. The summed E-state index contributed by atoms with van der Waals surface area (Å²) in [6.07, 6.45) is 41.1. The van der Waals surface area contributed by atoms with Gasteiger partial charge in [0.1, 0.15) is 0 Å². The second-order valence-electron chi connectivity index (χ2n) is 13.8. The fourth-order valence-corrected chi connectivity index (χ4v) is 6.70. The quantitative estimate of drug-likeness (QED) is 0.0441. The number of unbranched alkanes of at least 4 members (excludes halogenated alkanes) is 21. The lowest BCUT2D eigenvalue weighted by molar-refractivity contribution is -0.138. The fraction of sp³-hybridized carbons (Fsp3) is 0.923. The highest BCUT2D eigenvalue weighted by Crippen LogP contribution is 2.40. The van der Waals surface area contributed by atoms with Crippen LogP contribution in [0.5, 0.6) is 0 Å². The van der Waals surface area contributed by atoms with Crippen molar-refractivity contribution in [2.75, 3.05) is 6.61 Å². The van der Waals surface area contributed by atoms with Gasteiger partial charge in [0.05, 0.1) is 6.61 Å². The van der Waals surface area contributed by atoms with Gasteiger partial charge in [0.25, 0.3) is 0 Å². The third kappa shape index (κ3) is 27.8. The van der Waals surface area contributed by atoms with E-state index in [-0.39, 0.29) is 5.97 Å². The molecule has 0 heterocycles. The minimum atomic E-state index is -0.267. The summed E-state index contributed by atoms with van der Waals surface area (Å²) < 4.78 is 5.47. The highest BCUT2D eigenvalue weighted by atomic mass is 16.5. The first-order valence-corrected chi connectivity index (χ1v) is 18.8. The molecule has 0 saturated heterocycles. The molecule has 0 N–H and O–H groups in total. The van der Waals surface area contributed by atoms with E-state index in [1.165, 1.54) is 186 Å². The Bertz CT molecular complexity index is 534. The van der Waals surface area contributed by atoms with E-state index in [9.17, 15) is 4.79 Å². The molecule has 2 heteroatoms. The standard InChI is InChI=1S/C39H76O2/c1-6-10-13-16-19-22-25-28-31-37(32-35-41-38(40)9-4)36-39(5,33-29-26-23-20-17-14-11-7-2)34-30-27-24-21-18-15-12-8-3/h9,37H,4,6-8,10-36H2,1-3,5H3. The maximum absolute atomic E-state index is 11.7. The summed E-state index contributed by atoms with van der Waals surface area (Å²) in [5, 5.41) is 0. The normalized spacial score (nSPS) is 12.5. The Morgan fingerprint density at radius 3 is 1.34 bits per heavy atom. The lowest BCUT2D eigenvalue weighted by Gasteiger charge is -2.34. The van der Waals surface area contributed by atoms with Gasteiger partial charge in [-0.05, 0) is 37.0 Å². The first kappa shape index (κ1) is 40.2. The zero-order valence-corrected chi connectivity index (χ0v) is 28.9. The van der Waals surface area contributed by atoms with Gasteiger partial charge in [-0.15, -0.1) is 0 Å². The smallest absolute Gasteiger partial charge is 0.330 e. The van der Waals surface area contributed by atoms with Crippen LogP contribution in [0.4, 0.5) is 0 Å². The monoisotopic (exact) mass is 577 g/mol. The van der Waals surface area contributed by atoms with Crippen LogP contribution >= 0.6 is 0 Å². The van der Waals surface area contributed by atoms with E-state index in [2.05, 4.69) is 34.3 Å². The molecule has 0 spiro atoms. The number of hydrogen-bond acceptors (Lipinski definition) is 2. The Morgan fingerprint density at radius 1 is 0.585 bits per heavy atom. The Balaban J connectivity index is 4.87. The Hall–Kier alpha value is -0.790. The van der Waals surface area contributed by atoms with Crippen molar-refractivity contribution in [3.8, 4) is 0 Å². The maximum Gasteiger partial charge on any atom is 0.330 e. The number of carbonyl (C=O) groups is 1. The fourth-order valence-electron chi connectivity index (χ4n) is 6.70. The SMILES string of the molecule is C=CC(=O)OCCC(CCCCCCCCCC)CC(C)(CCCCCCCCCC)CCCCCCCCCC. The molecule has 1 unspecified atom stereocenters. The number of esters is 1. The Labute approximate surface area is 259 Å². The molecule has 0 radical (unpaired) electrons. The highest BCUT2D eigenvalue weighted by molar-refractivity contribution is 5.81. The van der Waals surface area contributed by atoms with Gasteiger partial charge in [-0.2, -0.15) is 0 Å². The molecule has 1 atom stereocenters. The van der Waals surface area contributed by atoms with E-state index in [1.54, 1.807) is 0 Å². The van der Waals surface area contributed by atoms with Crippen LogP contribution in [0.25, 0.3) is 0 Å². The van der Waals surface area contributed by atoms with Crippen molar-refractivity contribution < 1.29 is 9.53 Å². The Morgan fingerprint density at radius 2 is 0.951 bits per heavy atom. The summed E-state index contributed by atoms with van der Waals surface area (Å²) in [5.41, 5.74) is 0.428. The predicted molar refractivity (Wildman–Crippen MR) is 184 cm³/mol. The molecular weight excluding hydrogens is 500 g/mol. The van der Waals surface area contributed by atoms with Gasteiger partial charge in [0.2, 0.25) is 0 Å². The molecule has 0 aromatic carbocycles. The highest BCUT2D eigenvalue weighted by Gasteiger charge is 2.27. The summed E-state index contributed by atoms with van der Waals surface area (Å²) in [4.78, 5) is 11.7. The molecule has 0 fully saturated rings. The summed E-state index contributed by atoms with van der Waals surface area (Å²) in [6, 6.07) is 0. The van der Waals surface area contributed by atoms with Crippen molar-refractivity contribution in [1.29, 1.82) is 0 Å². The zero-order valence-electron chi connectivity index (χ0n) is 28.9. The van der Waals surface area contributed by atoms with Gasteiger partial charge in [0.15, 0.2) is 0 Å². The van der Waals surface area contributed by atoms with E-state index in [1.807, 2.05) is 0 Å². The van der Waals surface area contributed by atoms with Gasteiger partial charge in [-0.1, -0.05) is 195 Å². The van der Waals surface area contributed by atoms with E-state index in [0.29, 0.717) is 17.9 Å². The minimum Gasteiger partial charge on any atom is -0.463 e. The van der Waals surface area contributed by atoms with E-state index >= 15 is 0 Å². The molecule has 0 aliphatic carbocycles. The second-order valence-corrected chi connectivity index (χ2v) is 13.8. The number of ether oxygens (including phenoxy) is 1. The summed E-state index contributed by atoms with van der Waals surface area (Å²) in [5.74, 6) is 0.400. The molecule has 0 amide bonds. The van der Waals surface area contributed by atoms with Gasteiger partial charge in [0, 0.05) is 6.08 Å². The molecule has 0 aromatic heterocycles. The van der Waals surface area contributed by atoms with Crippen LogP contribution in [-0.4, -0.2) is 12.6 Å². The van der Waals surface area contributed by atoms with Crippen LogP contribution in [0.2, 0.25) is 0 Å². The van der Waals surface area contributed by atoms with Crippen molar-refractivity contribution in [3.05, 3.63) is 12.7 Å². The topological polar surface area (TPSA) is 26.3 Å². The van der Waals surface area contributed by atoms with Gasteiger partial charge >= 0.3 is 5.97 Å². The van der Waals surface area contributed by atoms with Crippen molar-refractivity contribution >= 4 is 5.97 Å². The van der Waals surface area contributed by atoms with E-state index in [0.717, 1.165) is 6.42 Å². The van der Waals surface area contributed by atoms with E-state index < -0.39 is 0 Å². The van der Waals surface area contributed by atoms with Crippen molar-refractivity contribution in [3.63, 3.8) is 0 Å². The lowest BCUT2D eigenvalue weighted by Crippen LogP contribution is -2.22. The van der Waals surface area contributed by atoms with E-state index in [4.69, 9.17) is 4.74 Å². The van der Waals surface area contributed by atoms with Crippen molar-refractivity contribution in [2.24, 2.45) is 11.3 Å². The molecule has 0 aliphatic heterocycles. The number of hydrogen-bond donors (Lipinski definition) is 0. The number of carbonyl (C=O) groups excluding carboxylic acids is 1. The molecule has 2 nitrogen and oxygen atoms in total. The maximum atomic E-state index is 11.7. The molecular formula is C39H76O2. The summed E-state index contributed by atoms with van der Waals surface area (Å²) in [7, 11) is 0. The van der Waals surface area contributed by atoms with Crippen LogP contribution in [0.3, 0.4) is 0 Å². The number of rotatable bonds is 33. The molecule has 244 valence electrons. The van der Waals surface area contributed by atoms with Gasteiger partial charge in [-0.25, -0.2) is 4.79 Å². The third-order valence-corrected chi connectivity index (χ3v) is 9.45. The van der Waals surface area contributed by atoms with Crippen molar-refractivity contribution in [1.82, 2.24) is 0 Å². The Kier molecular flexibility index (Phi) is 30.1. The van der Waals surface area contributed by atoms with Gasteiger partial charge < -0.3 is 4.74 Å². The average Bonchev–Trinajstić information content (AvgIpc) is 2.97. The molecule has 41 heavy (non-hydrogen) atoms. The first-order valence-electron chi connectivity index (χ1n) is 18.8. The first-order chi connectivity index (χ1) is 20.0. The molecule has 0 bridgehead atoms. The van der Waals surface area contributed by atoms with Gasteiger partial charge in [-0.3, -0.25) is 0 Å². The van der Waals surface area contributed by atoms with Crippen LogP contribution in [0, 0.1) is 11.3 Å².